The summed E-state index contributed by atoms with van der Waals surface area (Å²) in [6, 6.07) is -0.598. The van der Waals surface area contributed by atoms with Crippen molar-refractivity contribution in [3.8, 4) is 0 Å². The largest absolute Gasteiger partial charge is 0.370 e. The number of guanidine groups is 1. The minimum absolute atomic E-state index is 0.0809. The number of hydrogen-bond donors (Lipinski definition) is 5. The number of nitrogens with two attached hydrogens (primary N) is 3. The molecule has 6 nitrogen and oxygen atoms in total. The van der Waals surface area contributed by atoms with Crippen molar-refractivity contribution in [2.45, 2.75) is 18.9 Å². The molecule has 0 saturated heterocycles. The summed E-state index contributed by atoms with van der Waals surface area (Å²) in [5.41, 5.74) is 15.3. The summed E-state index contributed by atoms with van der Waals surface area (Å²) in [6.45, 7) is 0.538. The van der Waals surface area contributed by atoms with Gasteiger partial charge in [0.2, 0.25) is 5.91 Å². The summed E-state index contributed by atoms with van der Waals surface area (Å²) in [5, 5.41) is 9.40. The molecule has 0 fully saturated rings. The second-order valence-corrected chi connectivity index (χ2v) is 2.49. The van der Waals surface area contributed by atoms with E-state index in [0.29, 0.717) is 19.4 Å². The molecule has 70 valence electrons. The first kappa shape index (κ1) is 10.7. The number of carbonyl (C=O) groups is 1. The SMILES string of the molecule is N=C(N)NCCCC(N)C(N)=O. The lowest BCUT2D eigenvalue weighted by molar-refractivity contribution is -0.119. The Labute approximate surface area is 71.0 Å². The van der Waals surface area contributed by atoms with Gasteiger partial charge in [0.05, 0.1) is 6.04 Å². The Hall–Kier alpha value is -1.30. The van der Waals surface area contributed by atoms with Crippen molar-refractivity contribution in [2.24, 2.45) is 17.2 Å². The molecular formula is C6H15N5O. The molecule has 0 aromatic heterocycles. The summed E-state index contributed by atoms with van der Waals surface area (Å²) in [6.07, 6.45) is 1.18. The first-order chi connectivity index (χ1) is 5.54. The monoisotopic (exact) mass is 173 g/mol. The van der Waals surface area contributed by atoms with E-state index in [1.165, 1.54) is 0 Å². The smallest absolute Gasteiger partial charge is 0.234 e. The second-order valence-electron chi connectivity index (χ2n) is 2.49. The fourth-order valence-electron chi connectivity index (χ4n) is 0.687. The standard InChI is InChI=1S/C6H15N5O/c7-4(5(8)12)2-1-3-11-6(9)10/h4H,1-3,7H2,(H2,8,12)(H4,9,10,11). The van der Waals surface area contributed by atoms with Crippen molar-refractivity contribution >= 4 is 11.9 Å². The molecule has 0 aromatic carbocycles. The lowest BCUT2D eigenvalue weighted by Crippen LogP contribution is -2.37. The van der Waals surface area contributed by atoms with Crippen LogP contribution < -0.4 is 22.5 Å². The quantitative estimate of drug-likeness (QED) is 0.188. The van der Waals surface area contributed by atoms with Crippen LogP contribution in [-0.4, -0.2) is 24.5 Å². The van der Waals surface area contributed by atoms with Crippen molar-refractivity contribution in [3.63, 3.8) is 0 Å². The van der Waals surface area contributed by atoms with Gasteiger partial charge in [0.1, 0.15) is 0 Å². The van der Waals surface area contributed by atoms with Crippen LogP contribution in [-0.2, 0) is 4.79 Å². The molecule has 6 heteroatoms. The molecule has 8 N–H and O–H groups in total. The van der Waals surface area contributed by atoms with Crippen LogP contribution in [0.4, 0.5) is 0 Å². The maximum atomic E-state index is 10.4. The summed E-state index contributed by atoms with van der Waals surface area (Å²) < 4.78 is 0. The molecule has 1 unspecified atom stereocenters. The third kappa shape index (κ3) is 5.48. The molecule has 0 saturated carbocycles. The van der Waals surface area contributed by atoms with Crippen molar-refractivity contribution < 1.29 is 4.79 Å². The molecule has 0 heterocycles. The van der Waals surface area contributed by atoms with Gasteiger partial charge < -0.3 is 22.5 Å². The van der Waals surface area contributed by atoms with E-state index in [1.807, 2.05) is 0 Å². The van der Waals surface area contributed by atoms with Gasteiger partial charge in [-0.2, -0.15) is 0 Å². The second kappa shape index (κ2) is 5.36. The number of nitrogens with one attached hydrogen (secondary N) is 2. The van der Waals surface area contributed by atoms with Crippen LogP contribution in [0.5, 0.6) is 0 Å². The highest BCUT2D eigenvalue weighted by Gasteiger charge is 2.07. The van der Waals surface area contributed by atoms with Gasteiger partial charge >= 0.3 is 0 Å². The number of amides is 1. The van der Waals surface area contributed by atoms with Crippen LogP contribution in [0.1, 0.15) is 12.8 Å². The minimum atomic E-state index is -0.598. The van der Waals surface area contributed by atoms with E-state index < -0.39 is 11.9 Å². The van der Waals surface area contributed by atoms with Crippen molar-refractivity contribution in [1.82, 2.24) is 5.32 Å². The first-order valence-corrected chi connectivity index (χ1v) is 3.67. The third-order valence-electron chi connectivity index (χ3n) is 1.37. The molecule has 1 amide bonds. The Morgan fingerprint density at radius 1 is 1.50 bits per heavy atom. The van der Waals surface area contributed by atoms with Gasteiger partial charge in [0, 0.05) is 6.54 Å². The predicted molar refractivity (Wildman–Crippen MR) is 46.3 cm³/mol. The van der Waals surface area contributed by atoms with E-state index in [0.717, 1.165) is 0 Å². The van der Waals surface area contributed by atoms with Crippen LogP contribution in [0.25, 0.3) is 0 Å². The first-order valence-electron chi connectivity index (χ1n) is 3.67. The molecule has 0 aromatic rings. The fraction of sp³-hybridized carbons (Fsp3) is 0.667. The maximum absolute atomic E-state index is 10.4. The minimum Gasteiger partial charge on any atom is -0.370 e. The summed E-state index contributed by atoms with van der Waals surface area (Å²) in [7, 11) is 0. The average Bonchev–Trinajstić information content (AvgIpc) is 1.97. The van der Waals surface area contributed by atoms with E-state index in [9.17, 15) is 4.79 Å². The maximum Gasteiger partial charge on any atom is 0.234 e. The molecule has 1 atom stereocenters. The topological polar surface area (TPSA) is 131 Å². The normalized spacial score (nSPS) is 12.1. The average molecular weight is 173 g/mol. The van der Waals surface area contributed by atoms with Gasteiger partial charge in [0.15, 0.2) is 5.96 Å². The van der Waals surface area contributed by atoms with Gasteiger partial charge in [-0.15, -0.1) is 0 Å². The number of carbonyl (C=O) groups excluding carboxylic acids is 1. The van der Waals surface area contributed by atoms with Gasteiger partial charge in [-0.25, -0.2) is 0 Å². The Bertz CT molecular complexity index is 169. The van der Waals surface area contributed by atoms with Crippen LogP contribution in [0.15, 0.2) is 0 Å². The molecule has 0 aliphatic carbocycles. The van der Waals surface area contributed by atoms with Gasteiger partial charge in [0.25, 0.3) is 0 Å². The summed E-state index contributed by atoms with van der Waals surface area (Å²) in [4.78, 5) is 10.4. The van der Waals surface area contributed by atoms with E-state index in [4.69, 9.17) is 22.6 Å². The highest BCUT2D eigenvalue weighted by molar-refractivity contribution is 5.79. The lowest BCUT2D eigenvalue weighted by atomic mass is 10.1. The lowest BCUT2D eigenvalue weighted by Gasteiger charge is -2.07. The van der Waals surface area contributed by atoms with E-state index >= 15 is 0 Å². The Morgan fingerprint density at radius 3 is 2.50 bits per heavy atom. The van der Waals surface area contributed by atoms with Crippen LogP contribution in [0, 0.1) is 5.41 Å². The Balaban J connectivity index is 3.31. The fourth-order valence-corrected chi connectivity index (χ4v) is 0.687. The molecular weight excluding hydrogens is 158 g/mol. The van der Waals surface area contributed by atoms with Crippen molar-refractivity contribution in [2.75, 3.05) is 6.54 Å². The zero-order valence-electron chi connectivity index (χ0n) is 6.84. The highest BCUT2D eigenvalue weighted by Crippen LogP contribution is 1.91. The zero-order chi connectivity index (χ0) is 9.56. The Morgan fingerprint density at radius 2 is 2.08 bits per heavy atom. The highest BCUT2D eigenvalue weighted by atomic mass is 16.1. The van der Waals surface area contributed by atoms with Gasteiger partial charge in [-0.3, -0.25) is 10.2 Å². The molecule has 12 heavy (non-hydrogen) atoms. The summed E-state index contributed by atoms with van der Waals surface area (Å²) >= 11 is 0. The molecule has 0 aliphatic rings. The Kier molecular flexibility index (Phi) is 4.78. The predicted octanol–water partition coefficient (Wildman–Crippen LogP) is -1.94. The molecule has 0 spiro atoms. The molecule has 0 bridgehead atoms. The van der Waals surface area contributed by atoms with E-state index in [1.54, 1.807) is 0 Å². The van der Waals surface area contributed by atoms with Crippen LogP contribution in [0.3, 0.4) is 0 Å². The number of hydrogen-bond acceptors (Lipinski definition) is 3. The van der Waals surface area contributed by atoms with Crippen LogP contribution in [0.2, 0.25) is 0 Å². The molecule has 0 aliphatic heterocycles. The number of rotatable bonds is 5. The van der Waals surface area contributed by atoms with E-state index in [2.05, 4.69) is 5.32 Å². The zero-order valence-corrected chi connectivity index (χ0v) is 6.84. The van der Waals surface area contributed by atoms with Gasteiger partial charge in [-0.1, -0.05) is 0 Å². The van der Waals surface area contributed by atoms with Crippen molar-refractivity contribution in [3.05, 3.63) is 0 Å². The molecule has 0 rings (SSSR count). The third-order valence-corrected chi connectivity index (χ3v) is 1.37. The number of primary amides is 1. The van der Waals surface area contributed by atoms with Gasteiger partial charge in [-0.05, 0) is 12.8 Å². The van der Waals surface area contributed by atoms with Crippen LogP contribution >= 0.6 is 0 Å². The summed E-state index contributed by atoms with van der Waals surface area (Å²) in [5.74, 6) is -0.583. The van der Waals surface area contributed by atoms with E-state index in [-0.39, 0.29) is 5.96 Å². The molecule has 0 radical (unpaired) electrons. The van der Waals surface area contributed by atoms with Crippen molar-refractivity contribution in [1.29, 1.82) is 5.41 Å².